The lowest BCUT2D eigenvalue weighted by Gasteiger charge is -2.18. The first-order valence-electron chi connectivity index (χ1n) is 7.50. The van der Waals surface area contributed by atoms with E-state index in [1.165, 1.54) is 28.9 Å². The third-order valence-corrected chi connectivity index (χ3v) is 5.61. The molecule has 0 saturated carbocycles. The summed E-state index contributed by atoms with van der Waals surface area (Å²) in [6, 6.07) is 4.31. The van der Waals surface area contributed by atoms with Crippen molar-refractivity contribution in [2.24, 2.45) is 5.92 Å². The minimum absolute atomic E-state index is 0.0361. The summed E-state index contributed by atoms with van der Waals surface area (Å²) in [5, 5.41) is 1.02. The number of aryl methyl sites for hydroxylation is 1. The molecule has 118 valence electrons. The molecule has 0 aliphatic heterocycles. The van der Waals surface area contributed by atoms with Gasteiger partial charge in [0.1, 0.15) is 22.7 Å². The maximum absolute atomic E-state index is 13.3. The average Bonchev–Trinajstić information content (AvgIpc) is 2.89. The fourth-order valence-corrected chi connectivity index (χ4v) is 4.49. The lowest BCUT2D eigenvalue weighted by Crippen LogP contribution is -2.08. The van der Waals surface area contributed by atoms with Gasteiger partial charge in [-0.2, -0.15) is 0 Å². The van der Waals surface area contributed by atoms with Crippen molar-refractivity contribution in [3.63, 3.8) is 0 Å². The highest BCUT2D eigenvalue weighted by molar-refractivity contribution is 7.18. The van der Waals surface area contributed by atoms with Gasteiger partial charge < -0.3 is 4.74 Å². The lowest BCUT2D eigenvalue weighted by atomic mass is 9.89. The van der Waals surface area contributed by atoms with E-state index < -0.39 is 5.82 Å². The van der Waals surface area contributed by atoms with Gasteiger partial charge in [0, 0.05) is 10.9 Å². The highest BCUT2D eigenvalue weighted by Crippen LogP contribution is 2.41. The predicted molar refractivity (Wildman–Crippen MR) is 90.1 cm³/mol. The highest BCUT2D eigenvalue weighted by atomic mass is 35.5. The largest absolute Gasteiger partial charge is 0.438 e. The summed E-state index contributed by atoms with van der Waals surface area (Å²) in [4.78, 5) is 11.0. The smallest absolute Gasteiger partial charge is 0.231 e. The van der Waals surface area contributed by atoms with Crippen LogP contribution in [0.2, 0.25) is 5.02 Å². The van der Waals surface area contributed by atoms with Crippen molar-refractivity contribution in [2.45, 2.75) is 26.2 Å². The van der Waals surface area contributed by atoms with Crippen molar-refractivity contribution < 1.29 is 9.13 Å². The zero-order chi connectivity index (χ0) is 16.0. The topological polar surface area (TPSA) is 35.0 Å². The quantitative estimate of drug-likeness (QED) is 0.621. The van der Waals surface area contributed by atoms with Crippen molar-refractivity contribution in [3.05, 3.63) is 45.8 Å². The van der Waals surface area contributed by atoms with Crippen LogP contribution in [-0.4, -0.2) is 9.97 Å². The van der Waals surface area contributed by atoms with Gasteiger partial charge >= 0.3 is 0 Å². The normalized spacial score (nSPS) is 17.3. The molecule has 6 heteroatoms. The first-order chi connectivity index (χ1) is 11.1. The molecule has 1 aliphatic rings. The molecule has 23 heavy (non-hydrogen) atoms. The number of rotatable bonds is 2. The molecule has 2 heterocycles. The third kappa shape index (κ3) is 2.68. The second-order valence-corrected chi connectivity index (χ2v) is 7.38. The van der Waals surface area contributed by atoms with Crippen LogP contribution in [0.4, 0.5) is 4.39 Å². The Morgan fingerprint density at radius 2 is 2.22 bits per heavy atom. The Kier molecular flexibility index (Phi) is 3.70. The van der Waals surface area contributed by atoms with E-state index in [4.69, 9.17) is 16.3 Å². The van der Waals surface area contributed by atoms with Crippen molar-refractivity contribution in [1.29, 1.82) is 0 Å². The summed E-state index contributed by atoms with van der Waals surface area (Å²) in [6.45, 7) is 2.27. The molecule has 0 N–H and O–H groups in total. The van der Waals surface area contributed by atoms with Crippen LogP contribution in [0.1, 0.15) is 23.8 Å². The van der Waals surface area contributed by atoms with Crippen LogP contribution < -0.4 is 4.74 Å². The number of thiophene rings is 1. The van der Waals surface area contributed by atoms with Crippen molar-refractivity contribution in [3.8, 4) is 11.6 Å². The second kappa shape index (κ2) is 5.73. The van der Waals surface area contributed by atoms with Gasteiger partial charge in [-0.1, -0.05) is 18.5 Å². The van der Waals surface area contributed by atoms with E-state index in [1.54, 1.807) is 17.4 Å². The molecular formula is C17H14ClFN2OS. The summed E-state index contributed by atoms with van der Waals surface area (Å²) >= 11 is 7.54. The van der Waals surface area contributed by atoms with Gasteiger partial charge in [-0.25, -0.2) is 14.4 Å². The first kappa shape index (κ1) is 14.8. The van der Waals surface area contributed by atoms with E-state index in [9.17, 15) is 4.39 Å². The molecular weight excluding hydrogens is 335 g/mol. The maximum atomic E-state index is 13.3. The molecule has 4 rings (SSSR count). The molecule has 1 atom stereocenters. The van der Waals surface area contributed by atoms with Gasteiger partial charge in [0.25, 0.3) is 0 Å². The summed E-state index contributed by atoms with van der Waals surface area (Å²) in [7, 11) is 0. The van der Waals surface area contributed by atoms with Gasteiger partial charge in [0.05, 0.1) is 10.4 Å². The van der Waals surface area contributed by atoms with E-state index in [0.29, 0.717) is 17.5 Å². The second-order valence-electron chi connectivity index (χ2n) is 5.89. The van der Waals surface area contributed by atoms with Gasteiger partial charge in [-0.05, 0) is 42.9 Å². The number of nitrogens with zero attached hydrogens (tertiary/aromatic N) is 2. The van der Waals surface area contributed by atoms with Crippen molar-refractivity contribution in [1.82, 2.24) is 9.97 Å². The molecule has 2 aromatic heterocycles. The number of hydrogen-bond donors (Lipinski definition) is 0. The molecule has 0 bridgehead atoms. The van der Waals surface area contributed by atoms with Crippen LogP contribution in [-0.2, 0) is 12.8 Å². The molecule has 3 aromatic rings. The average molecular weight is 349 g/mol. The van der Waals surface area contributed by atoms with Crippen LogP contribution in [0.25, 0.3) is 10.2 Å². The van der Waals surface area contributed by atoms with Crippen LogP contribution in [0.3, 0.4) is 0 Å². The number of benzene rings is 1. The minimum Gasteiger partial charge on any atom is -0.438 e. The molecule has 0 saturated heterocycles. The van der Waals surface area contributed by atoms with Gasteiger partial charge in [0.2, 0.25) is 5.88 Å². The van der Waals surface area contributed by atoms with E-state index >= 15 is 0 Å². The SMILES string of the molecule is CC1CCc2c(sc3ncnc(Oc4ccc(F)c(Cl)c4)c23)C1. The maximum Gasteiger partial charge on any atom is 0.231 e. The van der Waals surface area contributed by atoms with Gasteiger partial charge in [-0.3, -0.25) is 0 Å². The molecule has 0 fully saturated rings. The van der Waals surface area contributed by atoms with Crippen LogP contribution >= 0.6 is 22.9 Å². The summed E-state index contributed by atoms with van der Waals surface area (Å²) in [6.07, 6.45) is 4.77. The zero-order valence-corrected chi connectivity index (χ0v) is 14.0. The van der Waals surface area contributed by atoms with Crippen LogP contribution in [0, 0.1) is 11.7 Å². The van der Waals surface area contributed by atoms with E-state index in [2.05, 4.69) is 16.9 Å². The molecule has 0 radical (unpaired) electrons. The Balaban J connectivity index is 1.79. The number of ether oxygens (including phenoxy) is 1. The number of halogens is 2. The summed E-state index contributed by atoms with van der Waals surface area (Å²) < 4.78 is 19.2. The van der Waals surface area contributed by atoms with E-state index in [1.807, 2.05) is 0 Å². The number of aromatic nitrogens is 2. The van der Waals surface area contributed by atoms with Crippen LogP contribution in [0.15, 0.2) is 24.5 Å². The zero-order valence-electron chi connectivity index (χ0n) is 12.5. The number of hydrogen-bond acceptors (Lipinski definition) is 4. The predicted octanol–water partition coefficient (Wildman–Crippen LogP) is 5.40. The Hall–Kier alpha value is -1.72. The fourth-order valence-electron chi connectivity index (χ4n) is 2.98. The Morgan fingerprint density at radius 1 is 1.35 bits per heavy atom. The standard InChI is InChI=1S/C17H14ClFN2OS/c1-9-2-4-11-14(6-9)23-17-15(11)16(20-8-21-17)22-10-3-5-13(19)12(18)7-10/h3,5,7-9H,2,4,6H2,1H3. The highest BCUT2D eigenvalue weighted by Gasteiger charge is 2.23. The van der Waals surface area contributed by atoms with Crippen molar-refractivity contribution in [2.75, 3.05) is 0 Å². The Labute approximate surface area is 142 Å². The van der Waals surface area contributed by atoms with Crippen molar-refractivity contribution >= 4 is 33.2 Å². The molecule has 0 amide bonds. The first-order valence-corrected chi connectivity index (χ1v) is 8.69. The minimum atomic E-state index is -0.464. The Morgan fingerprint density at radius 3 is 3.04 bits per heavy atom. The fraction of sp³-hybridized carbons (Fsp3) is 0.294. The van der Waals surface area contributed by atoms with E-state index in [-0.39, 0.29) is 5.02 Å². The molecule has 1 aromatic carbocycles. The molecule has 0 spiro atoms. The van der Waals surface area contributed by atoms with Gasteiger partial charge in [0.15, 0.2) is 0 Å². The summed E-state index contributed by atoms with van der Waals surface area (Å²) in [5.41, 5.74) is 1.30. The molecule has 3 nitrogen and oxygen atoms in total. The Bertz CT molecular complexity index is 896. The van der Waals surface area contributed by atoms with Crippen LogP contribution in [0.5, 0.6) is 11.6 Å². The third-order valence-electron chi connectivity index (χ3n) is 4.16. The van der Waals surface area contributed by atoms with E-state index in [0.717, 1.165) is 29.5 Å². The monoisotopic (exact) mass is 348 g/mol. The lowest BCUT2D eigenvalue weighted by molar-refractivity contribution is 0.464. The number of fused-ring (bicyclic) bond motifs is 3. The molecule has 1 unspecified atom stereocenters. The van der Waals surface area contributed by atoms with Gasteiger partial charge in [-0.15, -0.1) is 11.3 Å². The molecule has 1 aliphatic carbocycles. The summed E-state index contributed by atoms with van der Waals surface area (Å²) in [5.74, 6) is 1.22.